The highest BCUT2D eigenvalue weighted by atomic mass is 16.4. The van der Waals surface area contributed by atoms with Gasteiger partial charge in [0.05, 0.1) is 5.56 Å². The van der Waals surface area contributed by atoms with Crippen molar-refractivity contribution in [1.82, 2.24) is 15.2 Å². The predicted octanol–water partition coefficient (Wildman–Crippen LogP) is 0.915. The Bertz CT molecular complexity index is 651. The van der Waals surface area contributed by atoms with E-state index >= 15 is 0 Å². The molecule has 0 saturated heterocycles. The van der Waals surface area contributed by atoms with Crippen molar-refractivity contribution in [1.29, 1.82) is 0 Å². The quantitative estimate of drug-likeness (QED) is 0.743. The molecule has 92 valence electrons. The largest absolute Gasteiger partial charge is 0.478 e. The van der Waals surface area contributed by atoms with Gasteiger partial charge in [-0.1, -0.05) is 6.07 Å². The summed E-state index contributed by atoms with van der Waals surface area (Å²) < 4.78 is 0. The first-order chi connectivity index (χ1) is 8.56. The summed E-state index contributed by atoms with van der Waals surface area (Å²) in [6.45, 7) is 1.54. The number of aromatic amines is 1. The number of H-pyrrole nitrogens is 1. The smallest absolute Gasteiger partial charge is 0.335 e. The fraction of sp³-hybridized carbons (Fsp3) is 0.0909. The van der Waals surface area contributed by atoms with Crippen molar-refractivity contribution in [3.8, 4) is 0 Å². The van der Waals surface area contributed by atoms with Gasteiger partial charge in [-0.2, -0.15) is 0 Å². The Balaban J connectivity index is 2.28. The topological polar surface area (TPSA) is 108 Å². The van der Waals surface area contributed by atoms with Crippen LogP contribution in [0.25, 0.3) is 0 Å². The SMILES string of the molecule is Cc1nnc(Nc2cccc(C(=O)O)c2)[nH]c1=O. The van der Waals surface area contributed by atoms with Gasteiger partial charge >= 0.3 is 5.97 Å². The van der Waals surface area contributed by atoms with Crippen molar-refractivity contribution in [3.05, 3.63) is 45.9 Å². The number of carboxylic acid groups (broad SMARTS) is 1. The fourth-order valence-corrected chi connectivity index (χ4v) is 1.32. The van der Waals surface area contributed by atoms with Crippen LogP contribution in [0.4, 0.5) is 11.6 Å². The van der Waals surface area contributed by atoms with E-state index in [1.165, 1.54) is 12.1 Å². The van der Waals surface area contributed by atoms with Crippen molar-refractivity contribution in [2.45, 2.75) is 6.92 Å². The van der Waals surface area contributed by atoms with Crippen LogP contribution in [0, 0.1) is 6.92 Å². The number of carbonyl (C=O) groups is 1. The Morgan fingerprint density at radius 1 is 1.39 bits per heavy atom. The maximum atomic E-state index is 11.3. The van der Waals surface area contributed by atoms with E-state index in [2.05, 4.69) is 20.5 Å². The van der Waals surface area contributed by atoms with E-state index in [1.54, 1.807) is 19.1 Å². The number of nitrogens with zero attached hydrogens (tertiary/aromatic N) is 2. The zero-order chi connectivity index (χ0) is 13.1. The molecule has 7 nitrogen and oxygen atoms in total. The van der Waals surface area contributed by atoms with Crippen LogP contribution >= 0.6 is 0 Å². The lowest BCUT2D eigenvalue weighted by Gasteiger charge is -2.05. The number of hydrogen-bond acceptors (Lipinski definition) is 5. The minimum absolute atomic E-state index is 0.141. The standard InChI is InChI=1S/C11H10N4O3/c1-6-9(16)13-11(15-14-6)12-8-4-2-3-7(5-8)10(17)18/h2-5H,1H3,(H,17,18)(H2,12,13,15,16). The van der Waals surface area contributed by atoms with Crippen LogP contribution < -0.4 is 10.9 Å². The Hall–Kier alpha value is -2.70. The molecule has 18 heavy (non-hydrogen) atoms. The van der Waals surface area contributed by atoms with Crippen LogP contribution in [-0.2, 0) is 0 Å². The van der Waals surface area contributed by atoms with E-state index in [4.69, 9.17) is 5.11 Å². The second kappa shape index (κ2) is 4.66. The van der Waals surface area contributed by atoms with Crippen LogP contribution in [0.3, 0.4) is 0 Å². The second-order valence-corrected chi connectivity index (χ2v) is 3.60. The number of anilines is 2. The number of benzene rings is 1. The monoisotopic (exact) mass is 246 g/mol. The molecule has 0 bridgehead atoms. The van der Waals surface area contributed by atoms with Crippen LogP contribution in [0.2, 0.25) is 0 Å². The minimum atomic E-state index is -1.03. The van der Waals surface area contributed by atoms with Crippen LogP contribution in [0.1, 0.15) is 16.1 Å². The zero-order valence-electron chi connectivity index (χ0n) is 9.47. The summed E-state index contributed by atoms with van der Waals surface area (Å²) in [5.74, 6) is -0.865. The van der Waals surface area contributed by atoms with Crippen molar-refractivity contribution in [2.24, 2.45) is 0 Å². The summed E-state index contributed by atoms with van der Waals surface area (Å²) in [6, 6.07) is 6.15. The number of hydrogen-bond donors (Lipinski definition) is 3. The number of aryl methyl sites for hydroxylation is 1. The van der Waals surface area contributed by atoms with Gasteiger partial charge in [0.1, 0.15) is 5.69 Å². The van der Waals surface area contributed by atoms with Crippen molar-refractivity contribution >= 4 is 17.6 Å². The van der Waals surface area contributed by atoms with Crippen molar-refractivity contribution < 1.29 is 9.90 Å². The molecule has 0 aliphatic rings. The molecular weight excluding hydrogens is 236 g/mol. The zero-order valence-corrected chi connectivity index (χ0v) is 9.47. The molecule has 1 heterocycles. The number of carboxylic acids is 1. The lowest BCUT2D eigenvalue weighted by atomic mass is 10.2. The molecule has 0 unspecified atom stereocenters. The Kier molecular flexibility index (Phi) is 3.05. The molecule has 0 aliphatic heterocycles. The normalized spacial score (nSPS) is 10.1. The molecule has 0 aliphatic carbocycles. The summed E-state index contributed by atoms with van der Waals surface area (Å²) in [7, 11) is 0. The van der Waals surface area contributed by atoms with Gasteiger partial charge in [0.2, 0.25) is 5.95 Å². The van der Waals surface area contributed by atoms with E-state index in [1.807, 2.05) is 0 Å². The van der Waals surface area contributed by atoms with Gasteiger partial charge in [0.15, 0.2) is 0 Å². The number of aromatic carboxylic acids is 1. The summed E-state index contributed by atoms with van der Waals surface area (Å²) in [5.41, 5.74) is 0.563. The highest BCUT2D eigenvalue weighted by Crippen LogP contribution is 2.13. The Labute approximate surface area is 102 Å². The maximum absolute atomic E-state index is 11.3. The molecule has 0 radical (unpaired) electrons. The maximum Gasteiger partial charge on any atom is 0.335 e. The fourth-order valence-electron chi connectivity index (χ4n) is 1.32. The van der Waals surface area contributed by atoms with Gasteiger partial charge in [-0.25, -0.2) is 4.79 Å². The lowest BCUT2D eigenvalue weighted by Crippen LogP contribution is -2.15. The van der Waals surface area contributed by atoms with Gasteiger partial charge in [0, 0.05) is 5.69 Å². The first-order valence-corrected chi connectivity index (χ1v) is 5.10. The molecule has 1 aromatic heterocycles. The third-order valence-electron chi connectivity index (χ3n) is 2.23. The first kappa shape index (κ1) is 11.8. The number of aromatic nitrogens is 3. The highest BCUT2D eigenvalue weighted by molar-refractivity contribution is 5.88. The Morgan fingerprint density at radius 3 is 2.83 bits per heavy atom. The Morgan fingerprint density at radius 2 is 2.17 bits per heavy atom. The molecule has 0 spiro atoms. The summed E-state index contributed by atoms with van der Waals surface area (Å²) >= 11 is 0. The van der Waals surface area contributed by atoms with Crippen molar-refractivity contribution in [3.63, 3.8) is 0 Å². The van der Waals surface area contributed by atoms with E-state index in [-0.39, 0.29) is 22.8 Å². The lowest BCUT2D eigenvalue weighted by molar-refractivity contribution is 0.0697. The highest BCUT2D eigenvalue weighted by Gasteiger charge is 2.05. The van der Waals surface area contributed by atoms with Crippen molar-refractivity contribution in [2.75, 3.05) is 5.32 Å². The van der Waals surface area contributed by atoms with Gasteiger partial charge in [0.25, 0.3) is 5.56 Å². The van der Waals surface area contributed by atoms with E-state index in [0.717, 1.165) is 0 Å². The molecule has 2 rings (SSSR count). The number of rotatable bonds is 3. The van der Waals surface area contributed by atoms with E-state index < -0.39 is 5.97 Å². The predicted molar refractivity (Wildman–Crippen MR) is 64.1 cm³/mol. The molecule has 0 atom stereocenters. The van der Waals surface area contributed by atoms with E-state index in [9.17, 15) is 9.59 Å². The molecule has 0 saturated carbocycles. The third kappa shape index (κ3) is 2.51. The van der Waals surface area contributed by atoms with Crippen LogP contribution in [-0.4, -0.2) is 26.3 Å². The molecule has 1 aromatic carbocycles. The number of nitrogens with one attached hydrogen (secondary N) is 2. The second-order valence-electron chi connectivity index (χ2n) is 3.60. The molecule has 7 heteroatoms. The summed E-state index contributed by atoms with van der Waals surface area (Å²) in [5, 5.41) is 19.0. The molecule has 2 aromatic rings. The average Bonchev–Trinajstić information content (AvgIpc) is 2.34. The van der Waals surface area contributed by atoms with Gasteiger partial charge in [-0.15, -0.1) is 10.2 Å². The van der Waals surface area contributed by atoms with Crippen LogP contribution in [0.5, 0.6) is 0 Å². The summed E-state index contributed by atoms with van der Waals surface area (Å²) in [6.07, 6.45) is 0. The molecular formula is C11H10N4O3. The molecule has 0 amide bonds. The summed E-state index contributed by atoms with van der Waals surface area (Å²) in [4.78, 5) is 24.6. The molecule has 3 N–H and O–H groups in total. The van der Waals surface area contributed by atoms with Gasteiger partial charge < -0.3 is 10.4 Å². The van der Waals surface area contributed by atoms with E-state index in [0.29, 0.717) is 5.69 Å². The average molecular weight is 246 g/mol. The van der Waals surface area contributed by atoms with Crippen LogP contribution in [0.15, 0.2) is 29.1 Å². The third-order valence-corrected chi connectivity index (χ3v) is 2.23. The molecule has 0 fully saturated rings. The van der Waals surface area contributed by atoms with Gasteiger partial charge in [-0.3, -0.25) is 9.78 Å². The van der Waals surface area contributed by atoms with Gasteiger partial charge in [-0.05, 0) is 25.1 Å². The first-order valence-electron chi connectivity index (χ1n) is 5.10. The minimum Gasteiger partial charge on any atom is -0.478 e.